The number of hydrogen-bond acceptors (Lipinski definition) is 6. The molecular weight excluding hydrogens is 276 g/mol. The monoisotopic (exact) mass is 290 g/mol. The first kappa shape index (κ1) is 15.1. The second-order valence-corrected chi connectivity index (χ2v) is 3.84. The molecule has 108 valence electrons. The van der Waals surface area contributed by atoms with E-state index in [9.17, 15) is 0 Å². The van der Waals surface area contributed by atoms with E-state index in [1.807, 2.05) is 24.3 Å². The summed E-state index contributed by atoms with van der Waals surface area (Å²) in [5, 5.41) is 0. The van der Waals surface area contributed by atoms with Crippen molar-refractivity contribution in [2.45, 2.75) is 0 Å². The first-order valence-electron chi connectivity index (χ1n) is 6.52. The fraction of sp³-hybridized carbons (Fsp3) is 0. The summed E-state index contributed by atoms with van der Waals surface area (Å²) in [5.41, 5.74) is 1.90. The number of hydrogen-bond donors (Lipinski definition) is 0. The largest absolute Gasteiger partial charge is 0.262 e. The maximum Gasteiger partial charge on any atom is 0.115 e. The third-order valence-electron chi connectivity index (χ3n) is 2.33. The summed E-state index contributed by atoms with van der Waals surface area (Å²) in [5.74, 6) is 0. The van der Waals surface area contributed by atoms with Crippen LogP contribution < -0.4 is 0 Å². The van der Waals surface area contributed by atoms with Gasteiger partial charge in [0.1, 0.15) is 6.33 Å². The summed E-state index contributed by atoms with van der Waals surface area (Å²) in [6, 6.07) is 9.58. The molecule has 6 heteroatoms. The highest BCUT2D eigenvalue weighted by molar-refractivity contribution is 5.72. The van der Waals surface area contributed by atoms with Gasteiger partial charge in [-0.2, -0.15) is 0 Å². The molecule has 0 spiro atoms. The van der Waals surface area contributed by atoms with Gasteiger partial charge in [0, 0.05) is 49.6 Å². The molecule has 3 aromatic heterocycles. The van der Waals surface area contributed by atoms with Crippen molar-refractivity contribution < 1.29 is 0 Å². The van der Waals surface area contributed by atoms with Gasteiger partial charge < -0.3 is 0 Å². The Hall–Kier alpha value is -3.28. The molecular formula is C16H14N6. The lowest BCUT2D eigenvalue weighted by atomic mass is 10.3. The van der Waals surface area contributed by atoms with Crippen LogP contribution in [0.3, 0.4) is 0 Å². The molecule has 0 bridgehead atoms. The van der Waals surface area contributed by atoms with Crippen molar-refractivity contribution in [2.75, 3.05) is 0 Å². The number of para-hydroxylation sites is 2. The minimum absolute atomic E-state index is 0.949. The van der Waals surface area contributed by atoms with Gasteiger partial charge >= 0.3 is 0 Å². The van der Waals surface area contributed by atoms with E-state index in [4.69, 9.17) is 0 Å². The zero-order valence-electron chi connectivity index (χ0n) is 11.8. The molecule has 4 rings (SSSR count). The molecule has 6 nitrogen and oxygen atoms in total. The van der Waals surface area contributed by atoms with Gasteiger partial charge in [-0.25, -0.2) is 9.97 Å². The van der Waals surface area contributed by atoms with Crippen LogP contribution in [0.4, 0.5) is 0 Å². The first-order chi connectivity index (χ1) is 11.0. The molecule has 22 heavy (non-hydrogen) atoms. The molecule has 0 saturated carbocycles. The molecule has 0 aliphatic carbocycles. The Bertz CT molecular complexity index is 599. The quantitative estimate of drug-likeness (QED) is 0.495. The van der Waals surface area contributed by atoms with Gasteiger partial charge in [0.2, 0.25) is 0 Å². The predicted molar refractivity (Wildman–Crippen MR) is 83.6 cm³/mol. The van der Waals surface area contributed by atoms with Crippen LogP contribution in [-0.2, 0) is 0 Å². The van der Waals surface area contributed by atoms with E-state index in [1.165, 1.54) is 6.33 Å². The SMILES string of the molecule is c1ccc2nccnc2c1.c1cnccn1.c1cncnc1. The highest BCUT2D eigenvalue weighted by Gasteiger charge is 1.88. The lowest BCUT2D eigenvalue weighted by Crippen LogP contribution is -1.78. The molecule has 0 saturated heterocycles. The normalized spacial score (nSPS) is 8.91. The number of rotatable bonds is 0. The van der Waals surface area contributed by atoms with Crippen molar-refractivity contribution in [3.05, 3.63) is 86.2 Å². The van der Waals surface area contributed by atoms with Gasteiger partial charge in [0.25, 0.3) is 0 Å². The summed E-state index contributed by atoms with van der Waals surface area (Å²) in [6.45, 7) is 0. The highest BCUT2D eigenvalue weighted by atomic mass is 14.8. The number of fused-ring (bicyclic) bond motifs is 1. The summed E-state index contributed by atoms with van der Waals surface area (Å²) in [6.07, 6.45) is 14.8. The number of aromatic nitrogens is 6. The molecule has 0 amide bonds. The maximum atomic E-state index is 4.12. The van der Waals surface area contributed by atoms with Crippen molar-refractivity contribution in [1.82, 2.24) is 29.9 Å². The van der Waals surface area contributed by atoms with Crippen molar-refractivity contribution >= 4 is 11.0 Å². The number of nitrogens with zero attached hydrogens (tertiary/aromatic N) is 6. The van der Waals surface area contributed by atoms with Gasteiger partial charge in [-0.3, -0.25) is 19.9 Å². The lowest BCUT2D eigenvalue weighted by Gasteiger charge is -1.90. The van der Waals surface area contributed by atoms with Crippen molar-refractivity contribution in [2.24, 2.45) is 0 Å². The molecule has 0 unspecified atom stereocenters. The molecule has 0 aliphatic rings. The average Bonchev–Trinajstić information content (AvgIpc) is 2.66. The van der Waals surface area contributed by atoms with E-state index in [1.54, 1.807) is 55.6 Å². The van der Waals surface area contributed by atoms with Crippen LogP contribution in [0.1, 0.15) is 0 Å². The van der Waals surface area contributed by atoms with E-state index in [-0.39, 0.29) is 0 Å². The minimum Gasteiger partial charge on any atom is -0.262 e. The molecule has 1 aromatic carbocycles. The molecule has 0 N–H and O–H groups in total. The van der Waals surface area contributed by atoms with Gasteiger partial charge in [-0.1, -0.05) is 12.1 Å². The summed E-state index contributed by atoms with van der Waals surface area (Å²) < 4.78 is 0. The van der Waals surface area contributed by atoms with Crippen LogP contribution in [0.2, 0.25) is 0 Å². The van der Waals surface area contributed by atoms with Crippen LogP contribution in [0.15, 0.2) is 86.2 Å². The fourth-order valence-corrected chi connectivity index (χ4v) is 1.42. The molecule has 0 fully saturated rings. The van der Waals surface area contributed by atoms with E-state index in [0.717, 1.165) is 11.0 Å². The van der Waals surface area contributed by atoms with Crippen molar-refractivity contribution in [3.63, 3.8) is 0 Å². The van der Waals surface area contributed by atoms with E-state index in [0.29, 0.717) is 0 Å². The average molecular weight is 290 g/mol. The van der Waals surface area contributed by atoms with Gasteiger partial charge in [-0.05, 0) is 18.2 Å². The Labute approximate surface area is 128 Å². The first-order valence-corrected chi connectivity index (χ1v) is 6.52. The third kappa shape index (κ3) is 5.79. The minimum atomic E-state index is 0.949. The highest BCUT2D eigenvalue weighted by Crippen LogP contribution is 2.04. The summed E-state index contributed by atoms with van der Waals surface area (Å²) in [4.78, 5) is 23.0. The predicted octanol–water partition coefficient (Wildman–Crippen LogP) is 2.58. The van der Waals surface area contributed by atoms with E-state index < -0.39 is 0 Å². The Kier molecular flexibility index (Phi) is 6.59. The third-order valence-corrected chi connectivity index (χ3v) is 2.33. The lowest BCUT2D eigenvalue weighted by molar-refractivity contribution is 1.17. The fourth-order valence-electron chi connectivity index (χ4n) is 1.42. The van der Waals surface area contributed by atoms with Crippen LogP contribution in [0.5, 0.6) is 0 Å². The van der Waals surface area contributed by atoms with Crippen LogP contribution in [0, 0.1) is 0 Å². The van der Waals surface area contributed by atoms with Crippen LogP contribution in [0.25, 0.3) is 11.0 Å². The molecule has 0 atom stereocenters. The van der Waals surface area contributed by atoms with Gasteiger partial charge in [0.15, 0.2) is 0 Å². The molecule has 0 aliphatic heterocycles. The Morgan fingerprint density at radius 3 is 1.27 bits per heavy atom. The van der Waals surface area contributed by atoms with Crippen LogP contribution in [-0.4, -0.2) is 29.9 Å². The molecule has 0 radical (unpaired) electrons. The number of benzene rings is 1. The zero-order valence-corrected chi connectivity index (χ0v) is 11.8. The van der Waals surface area contributed by atoms with Crippen molar-refractivity contribution in [3.8, 4) is 0 Å². The van der Waals surface area contributed by atoms with E-state index in [2.05, 4.69) is 29.9 Å². The van der Waals surface area contributed by atoms with Gasteiger partial charge in [-0.15, -0.1) is 0 Å². The Morgan fingerprint density at radius 1 is 0.455 bits per heavy atom. The van der Waals surface area contributed by atoms with Crippen molar-refractivity contribution in [1.29, 1.82) is 0 Å². The van der Waals surface area contributed by atoms with Gasteiger partial charge in [0.05, 0.1) is 11.0 Å². The molecule has 3 heterocycles. The van der Waals surface area contributed by atoms with Crippen LogP contribution >= 0.6 is 0 Å². The maximum absolute atomic E-state index is 4.12. The molecule has 4 aromatic rings. The Morgan fingerprint density at radius 2 is 0.955 bits per heavy atom. The Balaban J connectivity index is 0.000000128. The standard InChI is InChI=1S/C8H6N2.2C4H4N2/c1-2-4-8-7(3-1)9-5-6-10-8;1-2-6-4-3-5-1;1-2-5-4-6-3-1/h1-6H;2*1-4H. The van der Waals surface area contributed by atoms with E-state index >= 15 is 0 Å². The second-order valence-electron chi connectivity index (χ2n) is 3.84. The smallest absolute Gasteiger partial charge is 0.115 e. The zero-order chi connectivity index (χ0) is 15.3. The summed E-state index contributed by atoms with van der Waals surface area (Å²) >= 11 is 0. The topological polar surface area (TPSA) is 77.3 Å². The second kappa shape index (κ2) is 9.60. The summed E-state index contributed by atoms with van der Waals surface area (Å²) in [7, 11) is 0.